The smallest absolute Gasteiger partial charge is 0.271 e. The Hall–Kier alpha value is -3.12. The van der Waals surface area contributed by atoms with Crippen molar-refractivity contribution in [3.05, 3.63) is 98.7 Å². The number of hydrogen-bond acceptors (Lipinski definition) is 3. The molecule has 0 spiro atoms. The third-order valence-corrected chi connectivity index (χ3v) is 6.34. The van der Waals surface area contributed by atoms with Gasteiger partial charge in [-0.3, -0.25) is 9.59 Å². The van der Waals surface area contributed by atoms with E-state index in [4.69, 9.17) is 11.6 Å². The molecule has 1 fully saturated rings. The van der Waals surface area contributed by atoms with Crippen LogP contribution in [0.25, 0.3) is 0 Å². The molecular formula is C25H25ClFN3O2. The van der Waals surface area contributed by atoms with Gasteiger partial charge in [-0.15, -0.1) is 0 Å². The van der Waals surface area contributed by atoms with Crippen molar-refractivity contribution in [2.24, 2.45) is 7.05 Å². The lowest BCUT2D eigenvalue weighted by Gasteiger charge is -2.33. The van der Waals surface area contributed by atoms with Gasteiger partial charge in [0, 0.05) is 32.9 Å². The summed E-state index contributed by atoms with van der Waals surface area (Å²) >= 11 is 6.37. The number of benzene rings is 2. The predicted octanol–water partition coefficient (Wildman–Crippen LogP) is 4.81. The first-order valence-electron chi connectivity index (χ1n) is 10.7. The molecule has 0 radical (unpaired) electrons. The Labute approximate surface area is 191 Å². The minimum Gasteiger partial charge on any atom is -0.379 e. The molecule has 1 amide bonds. The first-order valence-corrected chi connectivity index (χ1v) is 11.0. The number of piperidine rings is 1. The number of rotatable bonds is 5. The molecule has 1 aliphatic heterocycles. The highest BCUT2D eigenvalue weighted by Gasteiger charge is 2.27. The van der Waals surface area contributed by atoms with Gasteiger partial charge >= 0.3 is 0 Å². The van der Waals surface area contributed by atoms with Crippen molar-refractivity contribution in [2.75, 3.05) is 18.4 Å². The van der Waals surface area contributed by atoms with Crippen LogP contribution in [0.4, 0.5) is 10.1 Å². The number of hydrogen-bond donors (Lipinski definition) is 1. The summed E-state index contributed by atoms with van der Waals surface area (Å²) in [5.41, 5.74) is 2.50. The molecule has 0 aliphatic carbocycles. The van der Waals surface area contributed by atoms with Crippen molar-refractivity contribution in [2.45, 2.75) is 25.3 Å². The van der Waals surface area contributed by atoms with E-state index in [1.807, 2.05) is 42.5 Å². The Bertz CT molecular complexity index is 1150. The van der Waals surface area contributed by atoms with Crippen molar-refractivity contribution in [1.29, 1.82) is 0 Å². The number of pyridine rings is 1. The van der Waals surface area contributed by atoms with Gasteiger partial charge < -0.3 is 14.8 Å². The maximum absolute atomic E-state index is 13.4. The molecular weight excluding hydrogens is 429 g/mol. The lowest BCUT2D eigenvalue weighted by atomic mass is 9.89. The first-order chi connectivity index (χ1) is 15.4. The Morgan fingerprint density at radius 1 is 1.09 bits per heavy atom. The standard InChI is InChI=1S/C25H25ClFN3O2/c1-29-16-21(23(22(26)25(29)32)28-15-17-5-3-2-4-6-17)24(31)30-13-11-19(12-14-30)18-7-9-20(27)10-8-18/h2-10,16,19,28H,11-15H2,1H3. The van der Waals surface area contributed by atoms with Crippen molar-refractivity contribution >= 4 is 23.2 Å². The number of likely N-dealkylation sites (tertiary alicyclic amines) is 1. The molecule has 0 bridgehead atoms. The SMILES string of the molecule is Cn1cc(C(=O)N2CCC(c3ccc(F)cc3)CC2)c(NCc2ccccc2)c(Cl)c1=O. The lowest BCUT2D eigenvalue weighted by Crippen LogP contribution is -2.39. The summed E-state index contributed by atoms with van der Waals surface area (Å²) in [6.45, 7) is 1.61. The summed E-state index contributed by atoms with van der Waals surface area (Å²) in [6, 6.07) is 16.3. The van der Waals surface area contributed by atoms with E-state index in [9.17, 15) is 14.0 Å². The van der Waals surface area contributed by atoms with Crippen LogP contribution in [-0.2, 0) is 13.6 Å². The van der Waals surface area contributed by atoms with Crippen LogP contribution < -0.4 is 10.9 Å². The molecule has 0 atom stereocenters. The third-order valence-electron chi connectivity index (χ3n) is 5.99. The van der Waals surface area contributed by atoms with Gasteiger partial charge in [-0.25, -0.2) is 4.39 Å². The van der Waals surface area contributed by atoms with E-state index in [-0.39, 0.29) is 22.3 Å². The second-order valence-corrected chi connectivity index (χ2v) is 8.48. The molecule has 0 unspecified atom stereocenters. The van der Waals surface area contributed by atoms with Gasteiger partial charge in [0.25, 0.3) is 11.5 Å². The van der Waals surface area contributed by atoms with Crippen LogP contribution in [0.5, 0.6) is 0 Å². The van der Waals surface area contributed by atoms with Crippen molar-refractivity contribution < 1.29 is 9.18 Å². The number of aryl methyl sites for hydroxylation is 1. The zero-order valence-electron chi connectivity index (χ0n) is 17.9. The van der Waals surface area contributed by atoms with Crippen LogP contribution in [0, 0.1) is 5.82 Å². The fourth-order valence-electron chi connectivity index (χ4n) is 4.14. The average molecular weight is 454 g/mol. The van der Waals surface area contributed by atoms with Crippen LogP contribution in [0.2, 0.25) is 5.02 Å². The highest BCUT2D eigenvalue weighted by atomic mass is 35.5. The van der Waals surface area contributed by atoms with Gasteiger partial charge in [-0.2, -0.15) is 0 Å². The summed E-state index contributed by atoms with van der Waals surface area (Å²) in [6.07, 6.45) is 3.14. The summed E-state index contributed by atoms with van der Waals surface area (Å²) in [5.74, 6) is -0.113. The molecule has 2 heterocycles. The van der Waals surface area contributed by atoms with Gasteiger partial charge in [-0.05, 0) is 42.0 Å². The van der Waals surface area contributed by atoms with E-state index in [2.05, 4.69) is 5.32 Å². The van der Waals surface area contributed by atoms with Gasteiger partial charge in [-0.1, -0.05) is 54.1 Å². The van der Waals surface area contributed by atoms with Crippen LogP contribution >= 0.6 is 11.6 Å². The quantitative estimate of drug-likeness (QED) is 0.603. The fourth-order valence-corrected chi connectivity index (χ4v) is 4.44. The monoisotopic (exact) mass is 453 g/mol. The second kappa shape index (κ2) is 9.57. The topological polar surface area (TPSA) is 54.3 Å². The van der Waals surface area contributed by atoms with Gasteiger partial charge in [0.2, 0.25) is 0 Å². The zero-order valence-corrected chi connectivity index (χ0v) is 18.6. The van der Waals surface area contributed by atoms with E-state index in [1.165, 1.54) is 16.7 Å². The molecule has 5 nitrogen and oxygen atoms in total. The third kappa shape index (κ3) is 4.70. The molecule has 4 rings (SSSR count). The molecule has 1 N–H and O–H groups in total. The van der Waals surface area contributed by atoms with E-state index in [1.54, 1.807) is 18.1 Å². The number of anilines is 1. The van der Waals surface area contributed by atoms with Crippen LogP contribution in [0.1, 0.15) is 40.2 Å². The highest BCUT2D eigenvalue weighted by Crippen LogP contribution is 2.31. The summed E-state index contributed by atoms with van der Waals surface area (Å²) in [4.78, 5) is 27.6. The molecule has 166 valence electrons. The normalized spacial score (nSPS) is 14.4. The van der Waals surface area contributed by atoms with Gasteiger partial charge in [0.1, 0.15) is 10.8 Å². The Balaban J connectivity index is 1.52. The zero-order chi connectivity index (χ0) is 22.7. The Morgan fingerprint density at radius 2 is 1.75 bits per heavy atom. The van der Waals surface area contributed by atoms with Crippen LogP contribution in [-0.4, -0.2) is 28.5 Å². The van der Waals surface area contributed by atoms with Crippen molar-refractivity contribution in [3.63, 3.8) is 0 Å². The lowest BCUT2D eigenvalue weighted by molar-refractivity contribution is 0.0713. The fraction of sp³-hybridized carbons (Fsp3) is 0.280. The highest BCUT2D eigenvalue weighted by molar-refractivity contribution is 6.33. The van der Waals surface area contributed by atoms with E-state index >= 15 is 0 Å². The number of amides is 1. The number of halogens is 2. The van der Waals surface area contributed by atoms with Crippen molar-refractivity contribution in [1.82, 2.24) is 9.47 Å². The second-order valence-electron chi connectivity index (χ2n) is 8.10. The molecule has 1 saturated heterocycles. The number of carbonyl (C=O) groups is 1. The van der Waals surface area contributed by atoms with E-state index in [0.29, 0.717) is 36.8 Å². The molecule has 32 heavy (non-hydrogen) atoms. The summed E-state index contributed by atoms with van der Waals surface area (Å²) < 4.78 is 14.6. The molecule has 2 aromatic carbocycles. The first kappa shape index (κ1) is 22.1. The summed E-state index contributed by atoms with van der Waals surface area (Å²) in [5, 5.41) is 3.21. The van der Waals surface area contributed by atoms with Crippen LogP contribution in [0.15, 0.2) is 65.6 Å². The number of carbonyl (C=O) groups excluding carboxylic acids is 1. The molecule has 1 aromatic heterocycles. The van der Waals surface area contributed by atoms with Crippen molar-refractivity contribution in [3.8, 4) is 0 Å². The maximum atomic E-state index is 13.4. The number of nitrogens with zero attached hydrogens (tertiary/aromatic N) is 2. The molecule has 0 saturated carbocycles. The Kier molecular flexibility index (Phi) is 6.61. The summed E-state index contributed by atoms with van der Waals surface area (Å²) in [7, 11) is 1.59. The van der Waals surface area contributed by atoms with E-state index < -0.39 is 0 Å². The predicted molar refractivity (Wildman–Crippen MR) is 125 cm³/mol. The van der Waals surface area contributed by atoms with Crippen LogP contribution in [0.3, 0.4) is 0 Å². The van der Waals surface area contributed by atoms with Gasteiger partial charge in [0.15, 0.2) is 0 Å². The average Bonchev–Trinajstić information content (AvgIpc) is 2.82. The minimum absolute atomic E-state index is 0.00970. The van der Waals surface area contributed by atoms with Gasteiger partial charge in [0.05, 0.1) is 11.3 Å². The molecule has 3 aromatic rings. The van der Waals surface area contributed by atoms with E-state index in [0.717, 1.165) is 24.0 Å². The molecule has 7 heteroatoms. The maximum Gasteiger partial charge on any atom is 0.271 e. The number of nitrogens with one attached hydrogen (secondary N) is 1. The molecule has 1 aliphatic rings. The largest absolute Gasteiger partial charge is 0.379 e. The Morgan fingerprint density at radius 3 is 2.41 bits per heavy atom. The minimum atomic E-state index is -0.353. The number of aromatic nitrogens is 1.